The Bertz CT molecular complexity index is 957. The van der Waals surface area contributed by atoms with Gasteiger partial charge < -0.3 is 15.4 Å². The molecule has 0 heterocycles. The first-order valence-corrected chi connectivity index (χ1v) is 10.8. The molecule has 2 amide bonds. The topological polar surface area (TPSA) is 105 Å². The Morgan fingerprint density at radius 2 is 1.52 bits per heavy atom. The number of nitrogens with one attached hydrogen (secondary N) is 2. The summed E-state index contributed by atoms with van der Waals surface area (Å²) in [5.41, 5.74) is 1.71. The number of nitrogens with zero attached hydrogens (tertiary/aromatic N) is 1. The highest BCUT2D eigenvalue weighted by molar-refractivity contribution is 7.92. The monoisotopic (exact) mass is 419 g/mol. The summed E-state index contributed by atoms with van der Waals surface area (Å²) in [4.78, 5) is 23.6. The van der Waals surface area contributed by atoms with E-state index in [0.29, 0.717) is 29.2 Å². The van der Waals surface area contributed by atoms with Crippen molar-refractivity contribution in [1.82, 2.24) is 0 Å². The molecule has 29 heavy (non-hydrogen) atoms. The van der Waals surface area contributed by atoms with Crippen LogP contribution in [-0.4, -0.2) is 39.6 Å². The average Bonchev–Trinajstić information content (AvgIpc) is 2.66. The van der Waals surface area contributed by atoms with E-state index < -0.39 is 16.1 Å². The molecule has 2 N–H and O–H groups in total. The second-order valence-corrected chi connectivity index (χ2v) is 8.50. The Kier molecular flexibility index (Phi) is 7.22. The van der Waals surface area contributed by atoms with Crippen molar-refractivity contribution in [3.05, 3.63) is 48.5 Å². The van der Waals surface area contributed by atoms with Crippen LogP contribution in [0.3, 0.4) is 0 Å². The van der Waals surface area contributed by atoms with E-state index in [1.165, 1.54) is 14.0 Å². The van der Waals surface area contributed by atoms with E-state index in [2.05, 4.69) is 10.6 Å². The fourth-order valence-corrected chi connectivity index (χ4v) is 2.98. The van der Waals surface area contributed by atoms with Crippen LogP contribution < -0.4 is 19.7 Å². The number of anilines is 3. The largest absolute Gasteiger partial charge is 0.481 e. The fraction of sp³-hybridized carbons (Fsp3) is 0.300. The lowest BCUT2D eigenvalue weighted by molar-refractivity contribution is -0.122. The molecule has 2 rings (SSSR count). The number of amides is 2. The first-order chi connectivity index (χ1) is 13.6. The van der Waals surface area contributed by atoms with Gasteiger partial charge in [-0.1, -0.05) is 6.92 Å². The minimum absolute atomic E-state index is 0.171. The first-order valence-electron chi connectivity index (χ1n) is 8.99. The van der Waals surface area contributed by atoms with E-state index in [1.807, 2.05) is 6.92 Å². The summed E-state index contributed by atoms with van der Waals surface area (Å²) in [7, 11) is -1.89. The van der Waals surface area contributed by atoms with E-state index in [0.717, 1.165) is 10.6 Å². The van der Waals surface area contributed by atoms with Gasteiger partial charge in [0.05, 0.1) is 11.9 Å². The van der Waals surface area contributed by atoms with Crippen molar-refractivity contribution < 1.29 is 22.7 Å². The number of carbonyl (C=O) groups is 2. The quantitative estimate of drug-likeness (QED) is 0.685. The highest BCUT2D eigenvalue weighted by Gasteiger charge is 2.19. The van der Waals surface area contributed by atoms with Crippen molar-refractivity contribution in [2.24, 2.45) is 0 Å². The van der Waals surface area contributed by atoms with Gasteiger partial charge in [0.1, 0.15) is 5.75 Å². The maximum Gasteiger partial charge on any atom is 0.265 e. The zero-order valence-electron chi connectivity index (χ0n) is 16.8. The molecule has 0 aliphatic rings. The summed E-state index contributed by atoms with van der Waals surface area (Å²) in [6.45, 7) is 3.25. The molecule has 2 aromatic rings. The minimum atomic E-state index is -3.35. The zero-order valence-corrected chi connectivity index (χ0v) is 17.6. The normalized spacial score (nSPS) is 12.0. The molecule has 156 valence electrons. The third-order valence-corrected chi connectivity index (χ3v) is 5.32. The van der Waals surface area contributed by atoms with Crippen molar-refractivity contribution in [3.8, 4) is 5.75 Å². The van der Waals surface area contributed by atoms with Gasteiger partial charge in [-0.05, 0) is 55.0 Å². The predicted molar refractivity (Wildman–Crippen MR) is 114 cm³/mol. The number of carbonyl (C=O) groups excluding carboxylic acids is 2. The molecule has 0 spiro atoms. The fourth-order valence-electron chi connectivity index (χ4n) is 2.48. The van der Waals surface area contributed by atoms with Gasteiger partial charge in [-0.3, -0.25) is 13.9 Å². The number of benzene rings is 2. The van der Waals surface area contributed by atoms with Crippen LogP contribution in [0.1, 0.15) is 20.3 Å². The van der Waals surface area contributed by atoms with Gasteiger partial charge in [0.25, 0.3) is 5.91 Å². The molecule has 0 fully saturated rings. The van der Waals surface area contributed by atoms with E-state index in [1.54, 1.807) is 48.5 Å². The smallest absolute Gasteiger partial charge is 0.265 e. The minimum Gasteiger partial charge on any atom is -0.481 e. The SMILES string of the molecule is CC[C@H](Oc1ccc(N(C)S(C)(=O)=O)cc1)C(=O)Nc1ccc(NC(C)=O)cc1. The number of rotatable bonds is 8. The van der Waals surface area contributed by atoms with Crippen LogP contribution >= 0.6 is 0 Å². The highest BCUT2D eigenvalue weighted by atomic mass is 32.2. The predicted octanol–water partition coefficient (Wildman–Crippen LogP) is 2.84. The van der Waals surface area contributed by atoms with Gasteiger partial charge in [-0.15, -0.1) is 0 Å². The second-order valence-electron chi connectivity index (χ2n) is 6.49. The maximum atomic E-state index is 12.5. The Morgan fingerprint density at radius 1 is 1.00 bits per heavy atom. The van der Waals surface area contributed by atoms with Gasteiger partial charge in [-0.25, -0.2) is 8.42 Å². The third-order valence-electron chi connectivity index (χ3n) is 4.11. The molecule has 0 saturated heterocycles. The molecule has 8 nitrogen and oxygen atoms in total. The van der Waals surface area contributed by atoms with Crippen LogP contribution in [0.25, 0.3) is 0 Å². The Balaban J connectivity index is 2.01. The van der Waals surface area contributed by atoms with Crippen LogP contribution in [0.5, 0.6) is 5.75 Å². The third kappa shape index (κ3) is 6.49. The number of hydrogen-bond donors (Lipinski definition) is 2. The number of sulfonamides is 1. The van der Waals surface area contributed by atoms with Gasteiger partial charge in [-0.2, -0.15) is 0 Å². The Labute approximate surface area is 170 Å². The molecule has 0 unspecified atom stereocenters. The lowest BCUT2D eigenvalue weighted by atomic mass is 10.2. The maximum absolute atomic E-state index is 12.5. The van der Waals surface area contributed by atoms with E-state index in [-0.39, 0.29) is 11.8 Å². The number of ether oxygens (including phenoxy) is 1. The molecule has 0 saturated carbocycles. The molecule has 9 heteroatoms. The van der Waals surface area contributed by atoms with E-state index in [4.69, 9.17) is 4.74 Å². The van der Waals surface area contributed by atoms with Crippen molar-refractivity contribution in [2.45, 2.75) is 26.4 Å². The van der Waals surface area contributed by atoms with Crippen molar-refractivity contribution >= 4 is 38.9 Å². The summed E-state index contributed by atoms with van der Waals surface area (Å²) in [5, 5.41) is 5.44. The van der Waals surface area contributed by atoms with Crippen molar-refractivity contribution in [2.75, 3.05) is 28.2 Å². The van der Waals surface area contributed by atoms with Crippen molar-refractivity contribution in [1.29, 1.82) is 0 Å². The van der Waals surface area contributed by atoms with Crippen LogP contribution in [0, 0.1) is 0 Å². The summed E-state index contributed by atoms with van der Waals surface area (Å²) in [6.07, 6.45) is 0.849. The van der Waals surface area contributed by atoms with Crippen LogP contribution in [-0.2, 0) is 19.6 Å². The summed E-state index contributed by atoms with van der Waals surface area (Å²) in [5.74, 6) is -0.0225. The van der Waals surface area contributed by atoms with Gasteiger partial charge in [0.15, 0.2) is 6.10 Å². The molecule has 1 atom stereocenters. The van der Waals surface area contributed by atoms with E-state index in [9.17, 15) is 18.0 Å². The van der Waals surface area contributed by atoms with Crippen LogP contribution in [0.15, 0.2) is 48.5 Å². The Morgan fingerprint density at radius 3 is 1.97 bits per heavy atom. The first kappa shape index (κ1) is 22.2. The zero-order chi connectivity index (χ0) is 21.6. The molecular formula is C20H25N3O5S. The van der Waals surface area contributed by atoms with Gasteiger partial charge in [0.2, 0.25) is 15.9 Å². The van der Waals surface area contributed by atoms with Gasteiger partial charge in [0, 0.05) is 25.3 Å². The van der Waals surface area contributed by atoms with Crippen LogP contribution in [0.2, 0.25) is 0 Å². The molecule has 0 aliphatic heterocycles. The van der Waals surface area contributed by atoms with Gasteiger partial charge >= 0.3 is 0 Å². The van der Waals surface area contributed by atoms with Crippen molar-refractivity contribution in [3.63, 3.8) is 0 Å². The molecule has 0 aromatic heterocycles. The molecule has 0 radical (unpaired) electrons. The lowest BCUT2D eigenvalue weighted by Crippen LogP contribution is -2.32. The summed E-state index contributed by atoms with van der Waals surface area (Å²) >= 11 is 0. The summed E-state index contributed by atoms with van der Waals surface area (Å²) < 4.78 is 30.1. The lowest BCUT2D eigenvalue weighted by Gasteiger charge is -2.19. The van der Waals surface area contributed by atoms with E-state index >= 15 is 0 Å². The Hall–Kier alpha value is -3.07. The average molecular weight is 420 g/mol. The molecule has 2 aromatic carbocycles. The number of hydrogen-bond acceptors (Lipinski definition) is 5. The second kappa shape index (κ2) is 9.42. The highest BCUT2D eigenvalue weighted by Crippen LogP contribution is 2.22. The standard InChI is InChI=1S/C20H25N3O5S/c1-5-19(20(25)22-16-8-6-15(7-9-16)21-14(2)24)28-18-12-10-17(11-13-18)23(3)29(4,26)27/h6-13,19H,5H2,1-4H3,(H,21,24)(H,22,25)/t19-/m0/s1. The van der Waals surface area contributed by atoms with Crippen LogP contribution in [0.4, 0.5) is 17.1 Å². The molecular weight excluding hydrogens is 394 g/mol. The molecule has 0 aliphatic carbocycles. The summed E-state index contributed by atoms with van der Waals surface area (Å²) in [6, 6.07) is 13.2. The molecule has 0 bridgehead atoms.